The van der Waals surface area contributed by atoms with E-state index in [0.717, 1.165) is 19.3 Å². The van der Waals surface area contributed by atoms with Gasteiger partial charge in [-0.05, 0) is 19.3 Å². The molecule has 2 aromatic heterocycles. The van der Waals surface area contributed by atoms with E-state index in [1.165, 1.54) is 18.3 Å². The average molecular weight is 357 g/mol. The zero-order chi connectivity index (χ0) is 18.1. The zero-order valence-corrected chi connectivity index (χ0v) is 14.3. The minimum atomic E-state index is -0.375. The van der Waals surface area contributed by atoms with E-state index in [2.05, 4.69) is 15.0 Å². The molecule has 0 atom stereocenters. The monoisotopic (exact) mass is 357 g/mol. The molecule has 2 fully saturated rings. The Hall–Kier alpha value is -2.77. The highest BCUT2D eigenvalue weighted by molar-refractivity contribution is 5.92. The van der Waals surface area contributed by atoms with Crippen molar-refractivity contribution in [1.29, 1.82) is 0 Å². The Bertz CT molecular complexity index is 880. The second-order valence-corrected chi connectivity index (χ2v) is 6.78. The topological polar surface area (TPSA) is 82.2 Å². The standard InChI is InChI=1S/C18H20FN5O2/c19-13-8-14(11-20-10-13)23-4-1-5-24(7-6-23)18(26)15-9-16(25)22-17(21-15)12-2-3-12/h8-12H,1-7H2,(H,21,22,25). The van der Waals surface area contributed by atoms with Gasteiger partial charge in [0.05, 0.1) is 18.1 Å². The number of nitrogens with zero attached hydrogens (tertiary/aromatic N) is 4. The number of halogens is 1. The summed E-state index contributed by atoms with van der Waals surface area (Å²) in [6.07, 6.45) is 5.55. The summed E-state index contributed by atoms with van der Waals surface area (Å²) in [5.41, 5.74) is 0.633. The maximum atomic E-state index is 13.4. The van der Waals surface area contributed by atoms with Gasteiger partial charge in [-0.3, -0.25) is 14.6 Å². The minimum absolute atomic E-state index is 0.205. The maximum absolute atomic E-state index is 13.4. The molecule has 0 spiro atoms. The average Bonchev–Trinajstić information content (AvgIpc) is 3.47. The van der Waals surface area contributed by atoms with Crippen LogP contribution < -0.4 is 10.5 Å². The van der Waals surface area contributed by atoms with Crippen molar-refractivity contribution in [2.45, 2.75) is 25.2 Å². The van der Waals surface area contributed by atoms with Crippen molar-refractivity contribution in [3.05, 3.63) is 52.2 Å². The summed E-state index contributed by atoms with van der Waals surface area (Å²) >= 11 is 0. The van der Waals surface area contributed by atoms with Gasteiger partial charge in [0.2, 0.25) is 0 Å². The Morgan fingerprint density at radius 3 is 2.77 bits per heavy atom. The number of H-pyrrole nitrogens is 1. The highest BCUT2D eigenvalue weighted by Gasteiger charge is 2.28. The van der Waals surface area contributed by atoms with Gasteiger partial charge in [0.25, 0.3) is 11.5 Å². The van der Waals surface area contributed by atoms with Crippen LogP contribution in [0, 0.1) is 5.82 Å². The predicted octanol–water partition coefficient (Wildman–Crippen LogP) is 1.53. The van der Waals surface area contributed by atoms with Crippen LogP contribution in [0.25, 0.3) is 0 Å². The minimum Gasteiger partial charge on any atom is -0.368 e. The molecule has 4 rings (SSSR count). The highest BCUT2D eigenvalue weighted by atomic mass is 19.1. The van der Waals surface area contributed by atoms with E-state index in [1.807, 2.05) is 4.90 Å². The molecule has 2 aliphatic rings. The number of aromatic nitrogens is 3. The molecule has 0 radical (unpaired) electrons. The Morgan fingerprint density at radius 1 is 1.15 bits per heavy atom. The van der Waals surface area contributed by atoms with Crippen molar-refractivity contribution in [1.82, 2.24) is 19.9 Å². The fourth-order valence-corrected chi connectivity index (χ4v) is 3.25. The van der Waals surface area contributed by atoms with Gasteiger partial charge in [0, 0.05) is 44.2 Å². The van der Waals surface area contributed by atoms with Crippen molar-refractivity contribution in [3.63, 3.8) is 0 Å². The Labute approximate surface area is 149 Å². The molecule has 1 aliphatic heterocycles. The smallest absolute Gasteiger partial charge is 0.272 e. The van der Waals surface area contributed by atoms with Crippen LogP contribution in [0.5, 0.6) is 0 Å². The van der Waals surface area contributed by atoms with Crippen molar-refractivity contribution < 1.29 is 9.18 Å². The van der Waals surface area contributed by atoms with E-state index in [-0.39, 0.29) is 28.9 Å². The molecule has 3 heterocycles. The first-order chi connectivity index (χ1) is 12.6. The van der Waals surface area contributed by atoms with Crippen molar-refractivity contribution in [2.75, 3.05) is 31.1 Å². The first-order valence-corrected chi connectivity index (χ1v) is 8.86. The maximum Gasteiger partial charge on any atom is 0.272 e. The van der Waals surface area contributed by atoms with Crippen LogP contribution in [0.1, 0.15) is 41.5 Å². The van der Waals surface area contributed by atoms with Crippen LogP contribution in [-0.2, 0) is 0 Å². The molecule has 1 saturated carbocycles. The third kappa shape index (κ3) is 3.58. The number of pyridine rings is 1. The number of aromatic amines is 1. The van der Waals surface area contributed by atoms with E-state index in [0.29, 0.717) is 37.7 Å². The second kappa shape index (κ2) is 6.86. The summed E-state index contributed by atoms with van der Waals surface area (Å²) in [4.78, 5) is 39.4. The molecule has 0 unspecified atom stereocenters. The van der Waals surface area contributed by atoms with E-state index in [4.69, 9.17) is 0 Å². The SMILES string of the molecule is O=C(c1cc(=O)[nH]c(C2CC2)n1)N1CCCN(c2cncc(F)c2)CC1. The summed E-state index contributed by atoms with van der Waals surface area (Å²) in [7, 11) is 0. The number of carbonyl (C=O) groups is 1. The number of hydrogen-bond donors (Lipinski definition) is 1. The van der Waals surface area contributed by atoms with E-state index >= 15 is 0 Å². The second-order valence-electron chi connectivity index (χ2n) is 6.78. The van der Waals surface area contributed by atoms with Crippen LogP contribution in [0.15, 0.2) is 29.3 Å². The summed E-state index contributed by atoms with van der Waals surface area (Å²) in [6, 6.07) is 2.72. The van der Waals surface area contributed by atoms with Gasteiger partial charge in [-0.2, -0.15) is 0 Å². The fourth-order valence-electron chi connectivity index (χ4n) is 3.25. The summed E-state index contributed by atoms with van der Waals surface area (Å²) in [6.45, 7) is 2.36. The lowest BCUT2D eigenvalue weighted by Crippen LogP contribution is -2.36. The fraction of sp³-hybridized carbons (Fsp3) is 0.444. The lowest BCUT2D eigenvalue weighted by molar-refractivity contribution is 0.0760. The molecular formula is C18H20FN5O2. The third-order valence-corrected chi connectivity index (χ3v) is 4.78. The molecule has 1 amide bonds. The molecule has 1 N–H and O–H groups in total. The Kier molecular flexibility index (Phi) is 4.40. The number of hydrogen-bond acceptors (Lipinski definition) is 5. The van der Waals surface area contributed by atoms with Crippen LogP contribution in [0.3, 0.4) is 0 Å². The lowest BCUT2D eigenvalue weighted by Gasteiger charge is -2.23. The van der Waals surface area contributed by atoms with Gasteiger partial charge < -0.3 is 14.8 Å². The van der Waals surface area contributed by atoms with Gasteiger partial charge in [0.15, 0.2) is 0 Å². The van der Waals surface area contributed by atoms with Gasteiger partial charge in [-0.1, -0.05) is 0 Å². The number of carbonyl (C=O) groups excluding carboxylic acids is 1. The van der Waals surface area contributed by atoms with Gasteiger partial charge >= 0.3 is 0 Å². The first kappa shape index (κ1) is 16.7. The van der Waals surface area contributed by atoms with Crippen molar-refractivity contribution >= 4 is 11.6 Å². The normalized spacial score (nSPS) is 17.9. The molecule has 1 aliphatic carbocycles. The van der Waals surface area contributed by atoms with Crippen molar-refractivity contribution in [3.8, 4) is 0 Å². The van der Waals surface area contributed by atoms with E-state index < -0.39 is 0 Å². The van der Waals surface area contributed by atoms with Crippen molar-refractivity contribution in [2.24, 2.45) is 0 Å². The summed E-state index contributed by atoms with van der Waals surface area (Å²) in [5.74, 6) is 0.288. The van der Waals surface area contributed by atoms with Gasteiger partial charge in [0.1, 0.15) is 17.3 Å². The van der Waals surface area contributed by atoms with Crippen LogP contribution >= 0.6 is 0 Å². The lowest BCUT2D eigenvalue weighted by atomic mass is 10.3. The largest absolute Gasteiger partial charge is 0.368 e. The Morgan fingerprint density at radius 2 is 2.00 bits per heavy atom. The van der Waals surface area contributed by atoms with E-state index in [9.17, 15) is 14.0 Å². The quantitative estimate of drug-likeness (QED) is 0.901. The Balaban J connectivity index is 1.48. The van der Waals surface area contributed by atoms with Gasteiger partial charge in [-0.15, -0.1) is 0 Å². The van der Waals surface area contributed by atoms with E-state index in [1.54, 1.807) is 11.1 Å². The molecule has 0 aromatic carbocycles. The number of nitrogens with one attached hydrogen (secondary N) is 1. The zero-order valence-electron chi connectivity index (χ0n) is 14.3. The number of rotatable bonds is 3. The van der Waals surface area contributed by atoms with Crippen LogP contribution in [-0.4, -0.2) is 51.9 Å². The number of anilines is 1. The van der Waals surface area contributed by atoms with Crippen LogP contribution in [0.4, 0.5) is 10.1 Å². The molecule has 0 bridgehead atoms. The number of amides is 1. The molecule has 8 heteroatoms. The first-order valence-electron chi connectivity index (χ1n) is 8.86. The van der Waals surface area contributed by atoms with Crippen LogP contribution in [0.2, 0.25) is 0 Å². The molecule has 2 aromatic rings. The third-order valence-electron chi connectivity index (χ3n) is 4.78. The summed E-state index contributed by atoms with van der Waals surface area (Å²) < 4.78 is 13.4. The predicted molar refractivity (Wildman–Crippen MR) is 93.8 cm³/mol. The highest BCUT2D eigenvalue weighted by Crippen LogP contribution is 2.37. The molecule has 1 saturated heterocycles. The molecule has 26 heavy (non-hydrogen) atoms. The molecule has 136 valence electrons. The van der Waals surface area contributed by atoms with Gasteiger partial charge in [-0.25, -0.2) is 9.37 Å². The molecular weight excluding hydrogens is 337 g/mol. The molecule has 7 nitrogen and oxygen atoms in total. The summed E-state index contributed by atoms with van der Waals surface area (Å²) in [5, 5.41) is 0.